The number of aliphatic hydroxyl groups excluding tert-OH is 1. The molecule has 0 bridgehead atoms. The van der Waals surface area contributed by atoms with E-state index in [9.17, 15) is 23.1 Å². The predicted molar refractivity (Wildman–Crippen MR) is 95.1 cm³/mol. The number of hydrogen-bond donors (Lipinski definition) is 1. The van der Waals surface area contributed by atoms with Crippen molar-refractivity contribution in [3.05, 3.63) is 54.1 Å². The van der Waals surface area contributed by atoms with Crippen LogP contribution in [-0.2, 0) is 28.9 Å². The number of carbonyl (C=O) groups excluding carboxylic acids is 2. The van der Waals surface area contributed by atoms with E-state index in [1.807, 2.05) is 6.92 Å². The Morgan fingerprint density at radius 3 is 2.08 bits per heavy atom. The molecule has 26 heavy (non-hydrogen) atoms. The lowest BCUT2D eigenvalue weighted by Crippen LogP contribution is -2.26. The van der Waals surface area contributed by atoms with Crippen LogP contribution in [0.1, 0.15) is 12.5 Å². The van der Waals surface area contributed by atoms with Crippen LogP contribution in [0.25, 0.3) is 0 Å². The summed E-state index contributed by atoms with van der Waals surface area (Å²) in [5.74, 6) is -2.23. The summed E-state index contributed by atoms with van der Waals surface area (Å²) in [6, 6.07) is 6.19. The quantitative estimate of drug-likeness (QED) is 0.507. The summed E-state index contributed by atoms with van der Waals surface area (Å²) in [6.07, 6.45) is -1.25. The number of hydrogen-bond acceptors (Lipinski definition) is 7. The highest BCUT2D eigenvalue weighted by Crippen LogP contribution is 2.15. The largest absolute Gasteiger partial charge is 0.459 e. The van der Waals surface area contributed by atoms with Gasteiger partial charge in [0, 0.05) is 11.1 Å². The van der Waals surface area contributed by atoms with E-state index in [4.69, 9.17) is 9.47 Å². The van der Waals surface area contributed by atoms with E-state index >= 15 is 0 Å². The minimum atomic E-state index is -3.73. The summed E-state index contributed by atoms with van der Waals surface area (Å²) in [5, 5.41) is 9.62. The molecule has 0 spiro atoms. The third-order valence-electron chi connectivity index (χ3n) is 3.20. The van der Waals surface area contributed by atoms with Crippen LogP contribution >= 0.6 is 0 Å². The van der Waals surface area contributed by atoms with Gasteiger partial charge in [0.1, 0.15) is 19.3 Å². The maximum Gasteiger partial charge on any atom is 0.334 e. The molecular weight excluding hydrogens is 360 g/mol. The average molecular weight is 382 g/mol. The maximum absolute atomic E-state index is 12.3. The summed E-state index contributed by atoms with van der Waals surface area (Å²) >= 11 is 0. The first-order valence-electron chi connectivity index (χ1n) is 7.68. The van der Waals surface area contributed by atoms with Crippen molar-refractivity contribution in [2.45, 2.75) is 24.8 Å². The molecule has 0 heterocycles. The van der Waals surface area contributed by atoms with Gasteiger partial charge >= 0.3 is 11.9 Å². The normalized spacial score (nSPS) is 12.1. The van der Waals surface area contributed by atoms with Crippen LogP contribution in [0.5, 0.6) is 0 Å². The smallest absolute Gasteiger partial charge is 0.334 e. The second kappa shape index (κ2) is 9.30. The van der Waals surface area contributed by atoms with E-state index in [0.29, 0.717) is 0 Å². The van der Waals surface area contributed by atoms with Crippen molar-refractivity contribution in [1.82, 2.24) is 0 Å². The van der Waals surface area contributed by atoms with Gasteiger partial charge in [0.15, 0.2) is 9.84 Å². The molecule has 142 valence electrons. The minimum Gasteiger partial charge on any atom is -0.459 e. The predicted octanol–water partition coefficient (Wildman–Crippen LogP) is 1.35. The van der Waals surface area contributed by atoms with Crippen LogP contribution < -0.4 is 0 Å². The second-order valence-corrected chi connectivity index (χ2v) is 7.80. The molecule has 0 aliphatic carbocycles. The number of sulfone groups is 1. The van der Waals surface area contributed by atoms with Crippen molar-refractivity contribution in [1.29, 1.82) is 0 Å². The lowest BCUT2D eigenvalue weighted by atomic mass is 10.2. The summed E-state index contributed by atoms with van der Waals surface area (Å²) in [5.41, 5.74) is 0.809. The van der Waals surface area contributed by atoms with Gasteiger partial charge < -0.3 is 14.6 Å². The first-order chi connectivity index (χ1) is 12.0. The molecule has 0 saturated heterocycles. The number of rotatable bonds is 9. The molecule has 0 aliphatic heterocycles. The number of aliphatic hydroxyl groups is 1. The highest BCUT2D eigenvalue weighted by Gasteiger charge is 2.21. The van der Waals surface area contributed by atoms with Gasteiger partial charge in [0.25, 0.3) is 0 Å². The van der Waals surface area contributed by atoms with Gasteiger partial charge in [-0.1, -0.05) is 30.9 Å². The van der Waals surface area contributed by atoms with Crippen LogP contribution in [-0.4, -0.2) is 50.5 Å². The highest BCUT2D eigenvalue weighted by atomic mass is 32.2. The first kappa shape index (κ1) is 21.6. The summed E-state index contributed by atoms with van der Waals surface area (Å²) in [4.78, 5) is 23.1. The highest BCUT2D eigenvalue weighted by molar-refractivity contribution is 7.91. The Kier molecular flexibility index (Phi) is 7.73. The lowest BCUT2D eigenvalue weighted by Gasteiger charge is -2.13. The average Bonchev–Trinajstić information content (AvgIpc) is 2.57. The van der Waals surface area contributed by atoms with Crippen molar-refractivity contribution >= 4 is 21.8 Å². The van der Waals surface area contributed by atoms with Crippen molar-refractivity contribution in [3.8, 4) is 0 Å². The molecule has 0 amide bonds. The van der Waals surface area contributed by atoms with Gasteiger partial charge in [-0.2, -0.15) is 0 Å². The lowest BCUT2D eigenvalue weighted by molar-refractivity contribution is -0.147. The van der Waals surface area contributed by atoms with E-state index in [-0.39, 0.29) is 22.6 Å². The fraction of sp³-hybridized carbons (Fsp3) is 0.333. The number of ether oxygens (including phenoxy) is 2. The fourth-order valence-electron chi connectivity index (χ4n) is 1.73. The molecular formula is C18H22O7S. The Labute approximate surface area is 152 Å². The topological polar surface area (TPSA) is 107 Å². The van der Waals surface area contributed by atoms with Crippen LogP contribution in [0, 0.1) is 6.92 Å². The molecule has 0 fully saturated rings. The molecule has 0 aromatic heterocycles. The Morgan fingerprint density at radius 1 is 1.08 bits per heavy atom. The summed E-state index contributed by atoms with van der Waals surface area (Å²) in [6.45, 7) is 9.24. The Bertz CT molecular complexity index is 791. The van der Waals surface area contributed by atoms with Crippen molar-refractivity contribution in [3.63, 3.8) is 0 Å². The van der Waals surface area contributed by atoms with Gasteiger partial charge in [0.2, 0.25) is 0 Å². The van der Waals surface area contributed by atoms with Crippen LogP contribution in [0.15, 0.2) is 53.5 Å². The Hall–Kier alpha value is -2.45. The molecule has 0 radical (unpaired) electrons. The van der Waals surface area contributed by atoms with Crippen LogP contribution in [0.4, 0.5) is 0 Å². The number of aryl methyl sites for hydroxylation is 1. The number of esters is 2. The van der Waals surface area contributed by atoms with Gasteiger partial charge in [0.05, 0.1) is 10.6 Å². The molecule has 1 aromatic rings. The van der Waals surface area contributed by atoms with Crippen molar-refractivity contribution < 1.29 is 32.6 Å². The van der Waals surface area contributed by atoms with Crippen molar-refractivity contribution in [2.75, 3.05) is 19.0 Å². The van der Waals surface area contributed by atoms with E-state index in [0.717, 1.165) is 5.56 Å². The van der Waals surface area contributed by atoms with Crippen molar-refractivity contribution in [2.24, 2.45) is 0 Å². The first-order valence-corrected chi connectivity index (χ1v) is 9.33. The number of benzene rings is 1. The Morgan fingerprint density at radius 2 is 1.58 bits per heavy atom. The fourth-order valence-corrected chi connectivity index (χ4v) is 3.03. The zero-order valence-corrected chi connectivity index (χ0v) is 15.5. The molecule has 1 rings (SSSR count). The third kappa shape index (κ3) is 6.81. The minimum absolute atomic E-state index is 0.0730. The second-order valence-electron chi connectivity index (χ2n) is 5.81. The summed E-state index contributed by atoms with van der Waals surface area (Å²) in [7, 11) is -3.73. The van der Waals surface area contributed by atoms with Gasteiger partial charge in [-0.25, -0.2) is 18.0 Å². The molecule has 1 N–H and O–H groups in total. The standard InChI is InChI=1S/C18H22O7S/c1-12(2)17(20)24-9-15(19)10-25-18(21)14(4)11-26(22,23)16-7-5-13(3)6-8-16/h5-8,15,19H,1,4,9-11H2,2-3H3. The van der Waals surface area contributed by atoms with Gasteiger partial charge in [-0.05, 0) is 26.0 Å². The third-order valence-corrected chi connectivity index (χ3v) is 4.91. The van der Waals surface area contributed by atoms with Crippen LogP contribution in [0.3, 0.4) is 0 Å². The summed E-state index contributed by atoms with van der Waals surface area (Å²) < 4.78 is 34.0. The SMILES string of the molecule is C=C(C)C(=O)OCC(O)COC(=O)C(=C)CS(=O)(=O)c1ccc(C)cc1. The van der Waals surface area contributed by atoms with Gasteiger partial charge in [-0.15, -0.1) is 0 Å². The maximum atomic E-state index is 12.3. The molecule has 1 unspecified atom stereocenters. The molecule has 7 nitrogen and oxygen atoms in total. The molecule has 0 saturated carbocycles. The van der Waals surface area contributed by atoms with E-state index in [1.54, 1.807) is 12.1 Å². The zero-order chi connectivity index (χ0) is 19.9. The molecule has 8 heteroatoms. The van der Waals surface area contributed by atoms with E-state index in [1.165, 1.54) is 19.1 Å². The van der Waals surface area contributed by atoms with Gasteiger partial charge in [-0.3, -0.25) is 0 Å². The van der Waals surface area contributed by atoms with Crippen LogP contribution in [0.2, 0.25) is 0 Å². The number of carbonyl (C=O) groups is 2. The molecule has 0 aliphatic rings. The molecule has 1 atom stereocenters. The Balaban J connectivity index is 2.52. The molecule has 1 aromatic carbocycles. The zero-order valence-electron chi connectivity index (χ0n) is 14.7. The van der Waals surface area contributed by atoms with E-state index in [2.05, 4.69) is 13.2 Å². The van der Waals surface area contributed by atoms with E-state index < -0.39 is 40.2 Å². The monoisotopic (exact) mass is 382 g/mol.